The zero-order valence-corrected chi connectivity index (χ0v) is 12.2. The number of hydrogen-bond donors (Lipinski definition) is 1. The van der Waals surface area contributed by atoms with Crippen molar-refractivity contribution in [2.75, 3.05) is 14.2 Å². The summed E-state index contributed by atoms with van der Waals surface area (Å²) in [5.74, 6) is -1.55. The lowest BCUT2D eigenvalue weighted by molar-refractivity contribution is -0.138. The number of para-hydroxylation sites is 1. The van der Waals surface area contributed by atoms with Crippen molar-refractivity contribution in [3.05, 3.63) is 29.8 Å². The molecule has 0 radical (unpaired) electrons. The van der Waals surface area contributed by atoms with Crippen LogP contribution in [0.5, 0.6) is 5.75 Å². The SMILES string of the molecule is CON=C(C)C1(NC(=O)OC)C(=O)Oc2ccccc2C1=O. The summed E-state index contributed by atoms with van der Waals surface area (Å²) in [6.45, 7) is 1.37. The lowest BCUT2D eigenvalue weighted by Gasteiger charge is -2.33. The van der Waals surface area contributed by atoms with Crippen LogP contribution in [0.15, 0.2) is 29.4 Å². The lowest BCUT2D eigenvalue weighted by atomic mass is 9.83. The number of ketones is 1. The average molecular weight is 306 g/mol. The smallest absolute Gasteiger partial charge is 0.408 e. The number of rotatable bonds is 3. The van der Waals surface area contributed by atoms with Gasteiger partial charge < -0.3 is 14.3 Å². The molecule has 1 amide bonds. The number of methoxy groups -OCH3 is 1. The maximum atomic E-state index is 12.8. The van der Waals surface area contributed by atoms with Crippen LogP contribution in [0, 0.1) is 0 Å². The fraction of sp³-hybridized carbons (Fsp3) is 0.286. The summed E-state index contributed by atoms with van der Waals surface area (Å²) in [4.78, 5) is 41.4. The van der Waals surface area contributed by atoms with E-state index in [0.717, 1.165) is 7.11 Å². The number of Topliss-reactive ketones (excluding diaryl/α,β-unsaturated/α-hetero) is 1. The summed E-state index contributed by atoms with van der Waals surface area (Å²) in [6, 6.07) is 6.20. The van der Waals surface area contributed by atoms with Gasteiger partial charge in [0.15, 0.2) is 0 Å². The van der Waals surface area contributed by atoms with Gasteiger partial charge >= 0.3 is 12.1 Å². The highest BCUT2D eigenvalue weighted by Gasteiger charge is 2.56. The Balaban J connectivity index is 2.62. The van der Waals surface area contributed by atoms with E-state index in [1.807, 2.05) is 0 Å². The van der Waals surface area contributed by atoms with Crippen molar-refractivity contribution in [2.45, 2.75) is 12.5 Å². The van der Waals surface area contributed by atoms with Gasteiger partial charge in [-0.05, 0) is 19.1 Å². The second-order valence-electron chi connectivity index (χ2n) is 4.44. The van der Waals surface area contributed by atoms with Gasteiger partial charge in [-0.3, -0.25) is 10.1 Å². The molecular formula is C14H14N2O6. The minimum absolute atomic E-state index is 0.0788. The number of alkyl carbamates (subject to hydrolysis) is 1. The van der Waals surface area contributed by atoms with Crippen molar-refractivity contribution in [3.8, 4) is 5.75 Å². The molecule has 1 aliphatic heterocycles. The molecule has 8 heteroatoms. The summed E-state index contributed by atoms with van der Waals surface area (Å²) in [6.07, 6.45) is -0.977. The number of ether oxygens (including phenoxy) is 2. The van der Waals surface area contributed by atoms with Gasteiger partial charge in [-0.15, -0.1) is 0 Å². The highest BCUT2D eigenvalue weighted by atomic mass is 16.6. The Morgan fingerprint density at radius 3 is 2.59 bits per heavy atom. The van der Waals surface area contributed by atoms with Crippen molar-refractivity contribution in [2.24, 2.45) is 5.16 Å². The van der Waals surface area contributed by atoms with Gasteiger partial charge in [-0.2, -0.15) is 0 Å². The molecule has 116 valence electrons. The Morgan fingerprint density at radius 1 is 1.27 bits per heavy atom. The van der Waals surface area contributed by atoms with Crippen molar-refractivity contribution >= 4 is 23.6 Å². The Morgan fingerprint density at radius 2 is 1.95 bits per heavy atom. The van der Waals surface area contributed by atoms with E-state index in [-0.39, 0.29) is 17.0 Å². The van der Waals surface area contributed by atoms with Gasteiger partial charge in [0.2, 0.25) is 11.3 Å². The van der Waals surface area contributed by atoms with Crippen LogP contribution in [0.25, 0.3) is 0 Å². The molecule has 8 nitrogen and oxygen atoms in total. The Labute approximate surface area is 126 Å². The summed E-state index contributed by atoms with van der Waals surface area (Å²) in [5, 5.41) is 5.82. The fourth-order valence-corrected chi connectivity index (χ4v) is 2.13. The number of carbonyl (C=O) groups excluding carboxylic acids is 3. The second kappa shape index (κ2) is 5.84. The maximum Gasteiger partial charge on any atom is 0.408 e. The van der Waals surface area contributed by atoms with Crippen LogP contribution in [0.3, 0.4) is 0 Å². The number of esters is 1. The topological polar surface area (TPSA) is 103 Å². The molecule has 0 bridgehead atoms. The van der Waals surface area contributed by atoms with E-state index < -0.39 is 23.4 Å². The Hall–Kier alpha value is -2.90. The highest BCUT2D eigenvalue weighted by Crippen LogP contribution is 2.31. The normalized spacial score (nSPS) is 20.8. The first-order valence-electron chi connectivity index (χ1n) is 6.27. The van der Waals surface area contributed by atoms with Crippen LogP contribution in [-0.4, -0.2) is 43.3 Å². The summed E-state index contributed by atoms with van der Waals surface area (Å²) >= 11 is 0. The van der Waals surface area contributed by atoms with Crippen LogP contribution < -0.4 is 10.1 Å². The molecular weight excluding hydrogens is 292 g/mol. The van der Waals surface area contributed by atoms with Crippen LogP contribution >= 0.6 is 0 Å². The van der Waals surface area contributed by atoms with Crippen molar-refractivity contribution in [1.82, 2.24) is 5.32 Å². The van der Waals surface area contributed by atoms with Gasteiger partial charge in [0.25, 0.3) is 0 Å². The third-order valence-electron chi connectivity index (χ3n) is 3.23. The molecule has 0 fully saturated rings. The van der Waals surface area contributed by atoms with Crippen LogP contribution in [0.1, 0.15) is 17.3 Å². The van der Waals surface area contributed by atoms with Gasteiger partial charge in [0, 0.05) is 0 Å². The molecule has 1 atom stereocenters. The summed E-state index contributed by atoms with van der Waals surface area (Å²) in [7, 11) is 2.36. The van der Waals surface area contributed by atoms with Crippen molar-refractivity contribution < 1.29 is 28.7 Å². The van der Waals surface area contributed by atoms with E-state index in [1.165, 1.54) is 26.2 Å². The molecule has 0 saturated heterocycles. The first-order valence-corrected chi connectivity index (χ1v) is 6.27. The second-order valence-corrected chi connectivity index (χ2v) is 4.44. The number of oxime groups is 1. The van der Waals surface area contributed by atoms with Crippen LogP contribution in [-0.2, 0) is 14.4 Å². The standard InChI is InChI=1S/C14H14N2O6/c1-8(16-21-3)14(15-13(19)20-2)11(17)9-6-4-5-7-10(9)22-12(14)18/h4-7H,1-3H3,(H,15,19). The Bertz CT molecular complexity index is 669. The lowest BCUT2D eigenvalue weighted by Crippen LogP contribution is -2.67. The fourth-order valence-electron chi connectivity index (χ4n) is 2.13. The van der Waals surface area contributed by atoms with E-state index in [9.17, 15) is 14.4 Å². The predicted molar refractivity (Wildman–Crippen MR) is 74.8 cm³/mol. The van der Waals surface area contributed by atoms with E-state index >= 15 is 0 Å². The number of hydrogen-bond acceptors (Lipinski definition) is 7. The summed E-state index contributed by atoms with van der Waals surface area (Å²) in [5.41, 5.74) is -2.06. The number of nitrogens with one attached hydrogen (secondary N) is 1. The summed E-state index contributed by atoms with van der Waals surface area (Å²) < 4.78 is 9.65. The van der Waals surface area contributed by atoms with Crippen molar-refractivity contribution in [1.29, 1.82) is 0 Å². The first-order chi connectivity index (χ1) is 10.5. The zero-order chi connectivity index (χ0) is 16.3. The number of fused-ring (bicyclic) bond motifs is 1. The van der Waals surface area contributed by atoms with Gasteiger partial charge in [-0.1, -0.05) is 17.3 Å². The molecule has 1 aromatic rings. The molecule has 0 spiro atoms. The number of carbonyl (C=O) groups is 3. The molecule has 0 aliphatic carbocycles. The molecule has 1 aliphatic rings. The molecule has 22 heavy (non-hydrogen) atoms. The predicted octanol–water partition coefficient (Wildman–Crippen LogP) is 0.905. The number of benzene rings is 1. The number of amides is 1. The Kier molecular flexibility index (Phi) is 4.11. The van der Waals surface area contributed by atoms with Crippen LogP contribution in [0.4, 0.5) is 4.79 Å². The molecule has 2 rings (SSSR count). The molecule has 0 saturated carbocycles. The minimum atomic E-state index is -2.13. The molecule has 1 N–H and O–H groups in total. The van der Waals surface area contributed by atoms with Crippen LogP contribution in [0.2, 0.25) is 0 Å². The molecule has 1 unspecified atom stereocenters. The molecule has 0 aromatic heterocycles. The van der Waals surface area contributed by atoms with Gasteiger partial charge in [-0.25, -0.2) is 9.59 Å². The van der Waals surface area contributed by atoms with Gasteiger partial charge in [0.1, 0.15) is 12.9 Å². The quantitative estimate of drug-likeness (QED) is 0.293. The minimum Gasteiger partial charge on any atom is -0.453 e. The average Bonchev–Trinajstić information content (AvgIpc) is 2.51. The maximum absolute atomic E-state index is 12.8. The van der Waals surface area contributed by atoms with E-state index in [4.69, 9.17) is 4.74 Å². The largest absolute Gasteiger partial charge is 0.453 e. The first kappa shape index (κ1) is 15.5. The van der Waals surface area contributed by atoms with E-state index in [1.54, 1.807) is 12.1 Å². The third-order valence-corrected chi connectivity index (χ3v) is 3.23. The highest BCUT2D eigenvalue weighted by molar-refractivity contribution is 6.36. The van der Waals surface area contributed by atoms with E-state index in [0.29, 0.717) is 0 Å². The molecule has 1 aromatic carbocycles. The monoisotopic (exact) mass is 306 g/mol. The van der Waals surface area contributed by atoms with E-state index in [2.05, 4.69) is 20.0 Å². The van der Waals surface area contributed by atoms with Crippen molar-refractivity contribution in [3.63, 3.8) is 0 Å². The molecule has 1 heterocycles. The number of nitrogens with zero attached hydrogens (tertiary/aromatic N) is 1. The zero-order valence-electron chi connectivity index (χ0n) is 12.2. The van der Waals surface area contributed by atoms with Gasteiger partial charge in [0.05, 0.1) is 18.4 Å². The third kappa shape index (κ3) is 2.28.